The fourth-order valence-electron chi connectivity index (χ4n) is 4.49. The molecular weight excluding hydrogens is 415 g/mol. The second kappa shape index (κ2) is 7.59. The van der Waals surface area contributed by atoms with E-state index in [1.54, 1.807) is 4.90 Å². The zero-order valence-corrected chi connectivity index (χ0v) is 17.6. The maximum Gasteiger partial charge on any atom is 0.247 e. The van der Waals surface area contributed by atoms with Crippen molar-refractivity contribution in [3.63, 3.8) is 0 Å². The topological polar surface area (TPSA) is 57.7 Å². The molecule has 0 N–H and O–H groups in total. The molecule has 0 saturated carbocycles. The minimum atomic E-state index is -4.23. The summed E-state index contributed by atoms with van der Waals surface area (Å²) >= 11 is 0. The Balaban J connectivity index is 1.58. The molecule has 2 heterocycles. The van der Waals surface area contributed by atoms with E-state index in [-0.39, 0.29) is 18.9 Å². The summed E-state index contributed by atoms with van der Waals surface area (Å²) in [6.45, 7) is 0.530. The van der Waals surface area contributed by atoms with Crippen LogP contribution in [0.5, 0.6) is 0 Å². The number of halogens is 1. The smallest absolute Gasteiger partial charge is 0.247 e. The molecule has 5 rings (SSSR count). The van der Waals surface area contributed by atoms with Crippen molar-refractivity contribution in [1.29, 1.82) is 0 Å². The van der Waals surface area contributed by atoms with Gasteiger partial charge >= 0.3 is 0 Å². The number of nitrogens with zero attached hydrogens (tertiary/aromatic N) is 2. The largest absolute Gasteiger partial charge is 0.310 e. The Morgan fingerprint density at radius 2 is 1.52 bits per heavy atom. The second-order valence-corrected chi connectivity index (χ2v) is 9.70. The third-order valence-corrected chi connectivity index (χ3v) is 7.95. The number of hydrogen-bond acceptors (Lipinski definition) is 3. The van der Waals surface area contributed by atoms with Crippen LogP contribution in [0, 0.1) is 5.82 Å². The van der Waals surface area contributed by atoms with E-state index in [4.69, 9.17) is 0 Å². The van der Waals surface area contributed by atoms with Crippen LogP contribution in [0.2, 0.25) is 0 Å². The van der Waals surface area contributed by atoms with Crippen LogP contribution in [0.4, 0.5) is 10.1 Å². The first-order valence-corrected chi connectivity index (χ1v) is 11.6. The highest BCUT2D eigenvalue weighted by Gasteiger charge is 2.43. The summed E-state index contributed by atoms with van der Waals surface area (Å²) < 4.78 is 42.6. The summed E-state index contributed by atoms with van der Waals surface area (Å²) in [4.78, 5) is 14.9. The molecule has 1 amide bonds. The van der Waals surface area contributed by atoms with Gasteiger partial charge in [-0.3, -0.25) is 4.79 Å². The van der Waals surface area contributed by atoms with Crippen LogP contribution in [0.15, 0.2) is 77.7 Å². The lowest BCUT2D eigenvalue weighted by molar-refractivity contribution is -0.122. The summed E-state index contributed by atoms with van der Waals surface area (Å²) in [6, 6.07) is 19.5. The maximum absolute atomic E-state index is 14.5. The molecule has 7 heteroatoms. The summed E-state index contributed by atoms with van der Waals surface area (Å²) in [5.74, 6) is -1.10. The fraction of sp³-hybridized carbons (Fsp3) is 0.208. The first-order valence-electron chi connectivity index (χ1n) is 10.2. The molecule has 0 fully saturated rings. The number of hydrogen-bond donors (Lipinski definition) is 0. The molecule has 1 atom stereocenters. The van der Waals surface area contributed by atoms with Crippen molar-refractivity contribution in [3.8, 4) is 0 Å². The van der Waals surface area contributed by atoms with Gasteiger partial charge in [-0.05, 0) is 47.7 Å². The number of benzene rings is 3. The molecule has 0 aliphatic carbocycles. The first-order chi connectivity index (χ1) is 15.0. The van der Waals surface area contributed by atoms with Gasteiger partial charge in [-0.15, -0.1) is 0 Å². The summed E-state index contributed by atoms with van der Waals surface area (Å²) in [6.07, 6.45) is 0.979. The third kappa shape index (κ3) is 3.34. The minimum absolute atomic E-state index is 0.0265. The monoisotopic (exact) mass is 436 g/mol. The lowest BCUT2D eigenvalue weighted by atomic mass is 9.95. The van der Waals surface area contributed by atoms with Gasteiger partial charge in [0.2, 0.25) is 15.9 Å². The quantitative estimate of drug-likeness (QED) is 0.631. The molecule has 2 aliphatic rings. The van der Waals surface area contributed by atoms with Crippen molar-refractivity contribution >= 4 is 21.6 Å². The molecular formula is C24H21FN2O3S. The van der Waals surface area contributed by atoms with Gasteiger partial charge in [0.05, 0.1) is 0 Å². The number of carbonyl (C=O) groups excluding carboxylic acids is 1. The molecule has 3 aromatic carbocycles. The van der Waals surface area contributed by atoms with Crippen LogP contribution in [-0.2, 0) is 34.2 Å². The number of rotatable bonds is 3. The zero-order chi connectivity index (χ0) is 21.6. The van der Waals surface area contributed by atoms with E-state index in [1.807, 2.05) is 48.5 Å². The molecule has 0 spiro atoms. The highest BCUT2D eigenvalue weighted by molar-refractivity contribution is 7.89. The number of amides is 1. The minimum Gasteiger partial charge on any atom is -0.310 e. The normalized spacial score (nSPS) is 18.5. The Bertz CT molecular complexity index is 1280. The zero-order valence-electron chi connectivity index (χ0n) is 16.7. The highest BCUT2D eigenvalue weighted by atomic mass is 32.2. The summed E-state index contributed by atoms with van der Waals surface area (Å²) in [7, 11) is -4.23. The molecule has 0 saturated heterocycles. The Morgan fingerprint density at radius 1 is 0.871 bits per heavy atom. The molecule has 3 aromatic rings. The highest BCUT2D eigenvalue weighted by Crippen LogP contribution is 2.34. The van der Waals surface area contributed by atoms with Crippen molar-refractivity contribution in [3.05, 3.63) is 95.3 Å². The Hall–Kier alpha value is -3.03. The van der Waals surface area contributed by atoms with Crippen LogP contribution < -0.4 is 4.90 Å². The van der Waals surface area contributed by atoms with E-state index >= 15 is 0 Å². The molecule has 0 unspecified atom stereocenters. The number of anilines is 1. The van der Waals surface area contributed by atoms with Gasteiger partial charge in [-0.1, -0.05) is 54.6 Å². The van der Waals surface area contributed by atoms with E-state index in [1.165, 1.54) is 18.2 Å². The predicted molar refractivity (Wildman–Crippen MR) is 116 cm³/mol. The molecule has 2 aliphatic heterocycles. The van der Waals surface area contributed by atoms with Crippen LogP contribution in [0.3, 0.4) is 0 Å². The molecule has 0 aromatic heterocycles. The van der Waals surface area contributed by atoms with E-state index < -0.39 is 26.8 Å². The van der Waals surface area contributed by atoms with Crippen LogP contribution in [0.1, 0.15) is 16.7 Å². The van der Waals surface area contributed by atoms with Crippen LogP contribution in [-0.4, -0.2) is 31.2 Å². The van der Waals surface area contributed by atoms with E-state index in [2.05, 4.69) is 0 Å². The van der Waals surface area contributed by atoms with Crippen molar-refractivity contribution in [2.45, 2.75) is 30.3 Å². The van der Waals surface area contributed by atoms with E-state index in [9.17, 15) is 17.6 Å². The van der Waals surface area contributed by atoms with Crippen molar-refractivity contribution in [2.75, 3.05) is 11.4 Å². The van der Waals surface area contributed by atoms with Gasteiger partial charge in [0.1, 0.15) is 16.8 Å². The lowest BCUT2D eigenvalue weighted by Crippen LogP contribution is -2.53. The third-order valence-electron chi connectivity index (χ3n) is 6.07. The van der Waals surface area contributed by atoms with Gasteiger partial charge in [-0.25, -0.2) is 12.8 Å². The summed E-state index contributed by atoms with van der Waals surface area (Å²) in [5.41, 5.74) is 3.65. The van der Waals surface area contributed by atoms with Crippen LogP contribution in [0.25, 0.3) is 0 Å². The van der Waals surface area contributed by atoms with Gasteiger partial charge < -0.3 is 4.90 Å². The SMILES string of the molecule is O=C([C@@H]1Cc2ccccc2CN1S(=O)(=O)c1ccccc1F)N1CCc2ccccc21. The maximum atomic E-state index is 14.5. The lowest BCUT2D eigenvalue weighted by Gasteiger charge is -2.37. The predicted octanol–water partition coefficient (Wildman–Crippen LogP) is 3.53. The fourth-order valence-corrected chi connectivity index (χ4v) is 6.12. The molecule has 31 heavy (non-hydrogen) atoms. The Labute approximate surface area is 180 Å². The molecule has 158 valence electrons. The van der Waals surface area contributed by atoms with Crippen molar-refractivity contribution in [1.82, 2.24) is 4.31 Å². The van der Waals surface area contributed by atoms with Crippen molar-refractivity contribution in [2.24, 2.45) is 0 Å². The average molecular weight is 437 g/mol. The van der Waals surface area contributed by atoms with Crippen molar-refractivity contribution < 1.29 is 17.6 Å². The first kappa shape index (κ1) is 19.9. The number of para-hydroxylation sites is 1. The van der Waals surface area contributed by atoms with Gasteiger partial charge in [-0.2, -0.15) is 4.31 Å². The number of fused-ring (bicyclic) bond motifs is 2. The second-order valence-electron chi connectivity index (χ2n) is 7.84. The van der Waals surface area contributed by atoms with Gasteiger partial charge in [0.25, 0.3) is 0 Å². The molecule has 5 nitrogen and oxygen atoms in total. The van der Waals surface area contributed by atoms with Gasteiger partial charge in [0, 0.05) is 18.8 Å². The summed E-state index contributed by atoms with van der Waals surface area (Å²) in [5, 5.41) is 0. The van der Waals surface area contributed by atoms with E-state index in [0.29, 0.717) is 6.54 Å². The Morgan fingerprint density at radius 3 is 2.29 bits per heavy atom. The van der Waals surface area contributed by atoms with E-state index in [0.717, 1.165) is 39.2 Å². The Kier molecular flexibility index (Phi) is 4.87. The number of carbonyl (C=O) groups is 1. The molecule has 0 bridgehead atoms. The number of sulfonamides is 1. The molecule has 0 radical (unpaired) electrons. The van der Waals surface area contributed by atoms with Gasteiger partial charge in [0.15, 0.2) is 0 Å². The average Bonchev–Trinajstić information content (AvgIpc) is 3.22. The standard InChI is InChI=1S/C24H21FN2O3S/c25-20-10-4-6-12-23(20)31(29,30)27-16-19-9-2-1-8-18(19)15-22(27)24(28)26-14-13-17-7-3-5-11-21(17)26/h1-12,22H,13-16H2/t22-/m0/s1. The van der Waals surface area contributed by atoms with Crippen LogP contribution >= 0.6 is 0 Å².